The first-order valence-electron chi connectivity index (χ1n) is 7.76. The standard InChI is InChI=1S/C17H22N4OS/c1-19-17(22)16-14-9-8-13(10-12-6-4-3-5-7-12)20-23(18)15(14)11-21(16)2/h3-7,11,13H,8-10H2,1-2H3,(H2,18,20)(H,19,22). The first kappa shape index (κ1) is 16.0. The summed E-state index contributed by atoms with van der Waals surface area (Å²) in [4.78, 5) is 13.1. The number of amides is 1. The number of carbonyl (C=O) groups is 1. The second kappa shape index (κ2) is 6.68. The number of hydrogen-bond acceptors (Lipinski definition) is 2. The molecule has 3 rings (SSSR count). The number of benzene rings is 1. The molecule has 0 fully saturated rings. The number of nitrogens with one attached hydrogen (secondary N) is 3. The van der Waals surface area contributed by atoms with Gasteiger partial charge in [0, 0.05) is 26.3 Å². The van der Waals surface area contributed by atoms with Crippen LogP contribution in [0.1, 0.15) is 28.0 Å². The van der Waals surface area contributed by atoms with Crippen LogP contribution in [-0.4, -0.2) is 23.6 Å². The Morgan fingerprint density at radius 1 is 1.43 bits per heavy atom. The molecule has 2 unspecified atom stereocenters. The lowest BCUT2D eigenvalue weighted by atomic mass is 10.00. The van der Waals surface area contributed by atoms with E-state index in [-0.39, 0.29) is 11.9 Å². The van der Waals surface area contributed by atoms with Crippen molar-refractivity contribution in [3.05, 3.63) is 53.3 Å². The first-order valence-corrected chi connectivity index (χ1v) is 8.98. The predicted octanol–water partition coefficient (Wildman–Crippen LogP) is 2.19. The number of hydrogen-bond donors (Lipinski definition) is 3. The monoisotopic (exact) mass is 330 g/mol. The van der Waals surface area contributed by atoms with Crippen LogP contribution in [0.25, 0.3) is 0 Å². The summed E-state index contributed by atoms with van der Waals surface area (Å²) in [5, 5.41) is 2.71. The summed E-state index contributed by atoms with van der Waals surface area (Å²) in [5.74, 6) is -0.0766. The smallest absolute Gasteiger partial charge is 0.267 e. The quantitative estimate of drug-likeness (QED) is 0.807. The summed E-state index contributed by atoms with van der Waals surface area (Å²) in [6.07, 6.45) is 4.59. The second-order valence-electron chi connectivity index (χ2n) is 5.86. The molecule has 122 valence electrons. The Bertz CT molecular complexity index is 739. The van der Waals surface area contributed by atoms with Gasteiger partial charge in [0.15, 0.2) is 0 Å². The molecule has 0 spiro atoms. The fraction of sp³-hybridized carbons (Fsp3) is 0.353. The number of aryl methyl sites for hydroxylation is 1. The molecule has 0 saturated carbocycles. The van der Waals surface area contributed by atoms with Crippen molar-refractivity contribution in [1.82, 2.24) is 14.6 Å². The van der Waals surface area contributed by atoms with Crippen molar-refractivity contribution in [3.8, 4) is 0 Å². The Morgan fingerprint density at radius 2 is 2.17 bits per heavy atom. The maximum Gasteiger partial charge on any atom is 0.267 e. The number of nitrogens with zero attached hydrogens (tertiary/aromatic N) is 1. The molecule has 0 aliphatic carbocycles. The van der Waals surface area contributed by atoms with Gasteiger partial charge in [0.1, 0.15) is 5.69 Å². The summed E-state index contributed by atoms with van der Waals surface area (Å²) >= 11 is 0. The predicted molar refractivity (Wildman–Crippen MR) is 92.5 cm³/mol. The molecular formula is C17H22N4OS. The van der Waals surface area contributed by atoms with Gasteiger partial charge in [-0.15, -0.1) is 0 Å². The Labute approximate surface area is 139 Å². The molecule has 2 atom stereocenters. The topological polar surface area (TPSA) is 69.9 Å². The second-order valence-corrected chi connectivity index (χ2v) is 7.15. The maximum atomic E-state index is 12.1. The number of carbonyl (C=O) groups excluding carboxylic acids is 1. The third kappa shape index (κ3) is 3.23. The van der Waals surface area contributed by atoms with Gasteiger partial charge in [-0.3, -0.25) is 9.57 Å². The number of rotatable bonds is 3. The molecule has 3 N–H and O–H groups in total. The molecule has 0 bridgehead atoms. The van der Waals surface area contributed by atoms with Crippen LogP contribution in [0.2, 0.25) is 0 Å². The van der Waals surface area contributed by atoms with Crippen LogP contribution in [0, 0.1) is 4.78 Å². The highest BCUT2D eigenvalue weighted by Crippen LogP contribution is 2.26. The molecule has 6 heteroatoms. The lowest BCUT2D eigenvalue weighted by Crippen LogP contribution is -2.31. The average molecular weight is 330 g/mol. The van der Waals surface area contributed by atoms with Crippen molar-refractivity contribution >= 4 is 16.8 Å². The third-order valence-corrected chi connectivity index (χ3v) is 5.62. The molecule has 1 amide bonds. The van der Waals surface area contributed by atoms with Gasteiger partial charge >= 0.3 is 0 Å². The first-order chi connectivity index (χ1) is 11.1. The van der Waals surface area contributed by atoms with Gasteiger partial charge in [-0.2, -0.15) is 0 Å². The van der Waals surface area contributed by atoms with E-state index in [0.29, 0.717) is 5.69 Å². The number of fused-ring (bicyclic) bond motifs is 1. The summed E-state index contributed by atoms with van der Waals surface area (Å²) < 4.78 is 13.7. The molecule has 2 heterocycles. The van der Waals surface area contributed by atoms with E-state index in [9.17, 15) is 4.79 Å². The molecule has 0 radical (unpaired) electrons. The third-order valence-electron chi connectivity index (χ3n) is 4.26. The molecule has 5 nitrogen and oxygen atoms in total. The van der Waals surface area contributed by atoms with E-state index in [2.05, 4.69) is 22.2 Å². The van der Waals surface area contributed by atoms with Crippen LogP contribution in [0.4, 0.5) is 0 Å². The lowest BCUT2D eigenvalue weighted by molar-refractivity contribution is 0.0954. The van der Waals surface area contributed by atoms with Crippen LogP contribution in [0.5, 0.6) is 0 Å². The Morgan fingerprint density at radius 3 is 2.87 bits per heavy atom. The van der Waals surface area contributed by atoms with Gasteiger partial charge in [0.05, 0.1) is 4.90 Å². The van der Waals surface area contributed by atoms with E-state index in [1.807, 2.05) is 36.0 Å². The number of aromatic nitrogens is 1. The minimum absolute atomic E-state index is 0.0766. The molecule has 1 aliphatic heterocycles. The van der Waals surface area contributed by atoms with E-state index < -0.39 is 10.9 Å². The highest BCUT2D eigenvalue weighted by Gasteiger charge is 2.26. The zero-order valence-electron chi connectivity index (χ0n) is 13.4. The Kier molecular flexibility index (Phi) is 4.63. The van der Waals surface area contributed by atoms with Crippen LogP contribution in [-0.2, 0) is 30.8 Å². The van der Waals surface area contributed by atoms with Gasteiger partial charge in [-0.1, -0.05) is 30.3 Å². The highest BCUT2D eigenvalue weighted by molar-refractivity contribution is 7.84. The fourth-order valence-corrected chi connectivity index (χ4v) is 4.50. The molecule has 1 aromatic carbocycles. The van der Waals surface area contributed by atoms with E-state index in [0.717, 1.165) is 29.7 Å². The minimum Gasteiger partial charge on any atom is -0.354 e. The van der Waals surface area contributed by atoms with E-state index >= 15 is 0 Å². The largest absolute Gasteiger partial charge is 0.354 e. The van der Waals surface area contributed by atoms with Crippen molar-refractivity contribution in [3.63, 3.8) is 0 Å². The van der Waals surface area contributed by atoms with Crippen molar-refractivity contribution < 1.29 is 4.79 Å². The van der Waals surface area contributed by atoms with E-state index in [1.165, 1.54) is 5.56 Å². The van der Waals surface area contributed by atoms with Gasteiger partial charge in [-0.05, 0) is 41.3 Å². The summed E-state index contributed by atoms with van der Waals surface area (Å²) in [6, 6.07) is 10.6. The van der Waals surface area contributed by atoms with Crippen molar-refractivity contribution in [2.75, 3.05) is 7.05 Å². The fourth-order valence-electron chi connectivity index (χ4n) is 3.13. The maximum absolute atomic E-state index is 12.1. The van der Waals surface area contributed by atoms with Crippen LogP contribution in [0.15, 0.2) is 41.4 Å². The van der Waals surface area contributed by atoms with Crippen molar-refractivity contribution in [2.45, 2.75) is 30.2 Å². The highest BCUT2D eigenvalue weighted by atomic mass is 32.2. The molecule has 2 aromatic rings. The zero-order chi connectivity index (χ0) is 16.4. The molecule has 23 heavy (non-hydrogen) atoms. The lowest BCUT2D eigenvalue weighted by Gasteiger charge is -2.16. The van der Waals surface area contributed by atoms with E-state index in [1.54, 1.807) is 7.05 Å². The van der Waals surface area contributed by atoms with Gasteiger partial charge in [-0.25, -0.2) is 4.72 Å². The normalized spacial score (nSPS) is 20.6. The molecular weight excluding hydrogens is 308 g/mol. The van der Waals surface area contributed by atoms with Gasteiger partial charge in [0.25, 0.3) is 5.91 Å². The van der Waals surface area contributed by atoms with Crippen LogP contribution < -0.4 is 10.0 Å². The van der Waals surface area contributed by atoms with Crippen LogP contribution >= 0.6 is 0 Å². The minimum atomic E-state index is -0.795. The van der Waals surface area contributed by atoms with E-state index in [4.69, 9.17) is 4.78 Å². The van der Waals surface area contributed by atoms with Gasteiger partial charge < -0.3 is 9.88 Å². The van der Waals surface area contributed by atoms with Gasteiger partial charge in [0.2, 0.25) is 0 Å². The SMILES string of the molecule is CNC(=O)c1c2c(cn1C)S(=N)NC(Cc1ccccc1)CC2. The average Bonchev–Trinajstić information content (AvgIpc) is 2.81. The molecule has 1 aromatic heterocycles. The zero-order valence-corrected chi connectivity index (χ0v) is 14.2. The molecule has 0 saturated heterocycles. The summed E-state index contributed by atoms with van der Waals surface area (Å²) in [6.45, 7) is 0. The Hall–Kier alpha value is -1.92. The Balaban J connectivity index is 1.84. The van der Waals surface area contributed by atoms with Crippen molar-refractivity contribution in [2.24, 2.45) is 7.05 Å². The van der Waals surface area contributed by atoms with Crippen molar-refractivity contribution in [1.29, 1.82) is 4.78 Å². The summed E-state index contributed by atoms with van der Waals surface area (Å²) in [7, 11) is 2.73. The molecule has 1 aliphatic rings. The summed E-state index contributed by atoms with van der Waals surface area (Å²) in [5.41, 5.74) is 2.99. The van der Waals surface area contributed by atoms with Crippen LogP contribution in [0.3, 0.4) is 0 Å².